The Balaban J connectivity index is 1.50. The molecule has 1 aromatic heterocycles. The molecule has 0 spiro atoms. The molecule has 2 aromatic rings. The van der Waals surface area contributed by atoms with Gasteiger partial charge < -0.3 is 9.47 Å². The van der Waals surface area contributed by atoms with Crippen LogP contribution < -0.4 is 4.74 Å². The van der Waals surface area contributed by atoms with Crippen LogP contribution >= 0.6 is 11.3 Å². The summed E-state index contributed by atoms with van der Waals surface area (Å²) < 4.78 is 11.4. The molecular weight excluding hydrogens is 370 g/mol. The molecule has 0 radical (unpaired) electrons. The number of nitrogens with zero attached hydrogens (tertiary/aromatic N) is 1. The quantitative estimate of drug-likeness (QED) is 0.530. The van der Waals surface area contributed by atoms with E-state index in [0.29, 0.717) is 6.61 Å². The molecule has 144 valence electrons. The van der Waals surface area contributed by atoms with Crippen LogP contribution in [0, 0.1) is 11.5 Å². The Bertz CT molecular complexity index is 777. The second kappa shape index (κ2) is 9.56. The first kappa shape index (κ1) is 20.2. The maximum absolute atomic E-state index is 6.02. The van der Waals surface area contributed by atoms with Gasteiger partial charge in [0.15, 0.2) is 0 Å². The SMILES string of the molecule is C[Si](C)(C)C#Cc1cscc1OCc1ccc(CCN2CCOCC2)cc1. The van der Waals surface area contributed by atoms with E-state index < -0.39 is 8.07 Å². The van der Waals surface area contributed by atoms with Gasteiger partial charge in [0, 0.05) is 30.4 Å². The average molecular weight is 400 g/mol. The highest BCUT2D eigenvalue weighted by molar-refractivity contribution is 7.08. The molecule has 1 fully saturated rings. The zero-order valence-electron chi connectivity index (χ0n) is 16.6. The normalized spacial score (nSPS) is 15.2. The van der Waals surface area contributed by atoms with Crippen LogP contribution in [0.5, 0.6) is 5.75 Å². The van der Waals surface area contributed by atoms with Crippen molar-refractivity contribution >= 4 is 19.4 Å². The lowest BCUT2D eigenvalue weighted by Crippen LogP contribution is -2.37. The third-order valence-corrected chi connectivity index (χ3v) is 6.03. The molecule has 0 atom stereocenters. The van der Waals surface area contributed by atoms with Gasteiger partial charge in [-0.15, -0.1) is 16.9 Å². The Kier molecular flexibility index (Phi) is 7.14. The molecular formula is C22H29NO2SSi. The predicted molar refractivity (Wildman–Crippen MR) is 116 cm³/mol. The lowest BCUT2D eigenvalue weighted by molar-refractivity contribution is 0.0384. The summed E-state index contributed by atoms with van der Waals surface area (Å²) in [6.45, 7) is 12.3. The highest BCUT2D eigenvalue weighted by Gasteiger charge is 2.11. The largest absolute Gasteiger partial charge is 0.487 e. The summed E-state index contributed by atoms with van der Waals surface area (Å²) >= 11 is 1.65. The molecule has 0 N–H and O–H groups in total. The fraction of sp³-hybridized carbons (Fsp3) is 0.455. The molecule has 0 aliphatic carbocycles. The lowest BCUT2D eigenvalue weighted by atomic mass is 10.1. The Morgan fingerprint density at radius 2 is 1.78 bits per heavy atom. The van der Waals surface area contributed by atoms with Gasteiger partial charge >= 0.3 is 0 Å². The van der Waals surface area contributed by atoms with Crippen molar-refractivity contribution in [3.63, 3.8) is 0 Å². The van der Waals surface area contributed by atoms with Crippen LogP contribution in [0.1, 0.15) is 16.7 Å². The van der Waals surface area contributed by atoms with Gasteiger partial charge in [-0.1, -0.05) is 49.8 Å². The van der Waals surface area contributed by atoms with E-state index in [4.69, 9.17) is 9.47 Å². The smallest absolute Gasteiger partial charge is 0.146 e. The zero-order valence-corrected chi connectivity index (χ0v) is 18.4. The highest BCUT2D eigenvalue weighted by atomic mass is 32.1. The van der Waals surface area contributed by atoms with Crippen LogP contribution in [0.25, 0.3) is 0 Å². The van der Waals surface area contributed by atoms with Crippen LogP contribution in [-0.2, 0) is 17.8 Å². The number of hydrogen-bond acceptors (Lipinski definition) is 4. The first-order valence-corrected chi connectivity index (χ1v) is 14.0. The summed E-state index contributed by atoms with van der Waals surface area (Å²) in [6, 6.07) is 8.79. The van der Waals surface area contributed by atoms with Crippen LogP contribution in [0.3, 0.4) is 0 Å². The molecule has 3 nitrogen and oxygen atoms in total. The average Bonchev–Trinajstić information content (AvgIpc) is 3.12. The number of thiophene rings is 1. The molecule has 1 aliphatic heterocycles. The standard InChI is InChI=1S/C22H29NO2SSi/c1-27(2,3)15-9-21-17-26-18-22(21)25-16-20-6-4-19(5-7-20)8-10-23-11-13-24-14-12-23/h4-7,17-18H,8,10-14,16H2,1-3H3. The number of hydrogen-bond donors (Lipinski definition) is 0. The van der Waals surface area contributed by atoms with Gasteiger partial charge in [0.05, 0.1) is 18.8 Å². The summed E-state index contributed by atoms with van der Waals surface area (Å²) in [5.41, 5.74) is 7.01. The maximum Gasteiger partial charge on any atom is 0.146 e. The van der Waals surface area contributed by atoms with Crippen LogP contribution in [0.4, 0.5) is 0 Å². The van der Waals surface area contributed by atoms with Gasteiger partial charge in [0.2, 0.25) is 0 Å². The summed E-state index contributed by atoms with van der Waals surface area (Å²) in [4.78, 5) is 2.47. The van der Waals surface area contributed by atoms with Crippen LogP contribution in [0.15, 0.2) is 35.0 Å². The summed E-state index contributed by atoms with van der Waals surface area (Å²) in [5, 5.41) is 4.13. The first-order valence-electron chi connectivity index (χ1n) is 9.60. The molecule has 0 saturated carbocycles. The lowest BCUT2D eigenvalue weighted by Gasteiger charge is -2.26. The monoisotopic (exact) mass is 399 g/mol. The maximum atomic E-state index is 6.02. The van der Waals surface area contributed by atoms with Gasteiger partial charge in [0.25, 0.3) is 0 Å². The minimum Gasteiger partial charge on any atom is -0.487 e. The molecule has 1 aromatic carbocycles. The zero-order chi connectivity index (χ0) is 19.1. The molecule has 27 heavy (non-hydrogen) atoms. The molecule has 0 amide bonds. The van der Waals surface area contributed by atoms with Crippen molar-refractivity contribution in [2.24, 2.45) is 0 Å². The van der Waals surface area contributed by atoms with Crippen molar-refractivity contribution in [3.8, 4) is 17.2 Å². The Labute approximate surface area is 168 Å². The van der Waals surface area contributed by atoms with E-state index in [2.05, 4.69) is 65.7 Å². The van der Waals surface area contributed by atoms with E-state index in [1.54, 1.807) is 11.3 Å². The van der Waals surface area contributed by atoms with E-state index >= 15 is 0 Å². The number of rotatable bonds is 6. The number of morpholine rings is 1. The van der Waals surface area contributed by atoms with Crippen molar-refractivity contribution < 1.29 is 9.47 Å². The third kappa shape index (κ3) is 6.82. The first-order chi connectivity index (χ1) is 13.0. The van der Waals surface area contributed by atoms with Crippen molar-refractivity contribution in [2.45, 2.75) is 32.7 Å². The minimum atomic E-state index is -1.37. The Morgan fingerprint density at radius 3 is 2.48 bits per heavy atom. The molecule has 2 heterocycles. The Morgan fingerprint density at radius 1 is 1.07 bits per heavy atom. The van der Waals surface area contributed by atoms with Gasteiger partial charge in [0.1, 0.15) is 20.4 Å². The van der Waals surface area contributed by atoms with Crippen molar-refractivity contribution in [2.75, 3.05) is 32.8 Å². The number of benzene rings is 1. The third-order valence-electron chi connectivity index (χ3n) is 4.44. The van der Waals surface area contributed by atoms with Gasteiger partial charge in [-0.2, -0.15) is 0 Å². The van der Waals surface area contributed by atoms with E-state index in [1.807, 2.05) is 5.38 Å². The molecule has 1 aliphatic rings. The fourth-order valence-corrected chi connectivity index (χ4v) is 4.03. The topological polar surface area (TPSA) is 21.7 Å². The summed E-state index contributed by atoms with van der Waals surface area (Å²) in [6.07, 6.45) is 1.09. The van der Waals surface area contributed by atoms with E-state index in [-0.39, 0.29) is 0 Å². The van der Waals surface area contributed by atoms with E-state index in [0.717, 1.165) is 50.6 Å². The van der Waals surface area contributed by atoms with Gasteiger partial charge in [-0.05, 0) is 17.5 Å². The van der Waals surface area contributed by atoms with E-state index in [1.165, 1.54) is 11.1 Å². The molecule has 5 heteroatoms. The molecule has 3 rings (SSSR count). The van der Waals surface area contributed by atoms with Crippen LogP contribution in [0.2, 0.25) is 19.6 Å². The predicted octanol–water partition coefficient (Wildman–Crippen LogP) is 4.43. The van der Waals surface area contributed by atoms with Gasteiger partial charge in [-0.25, -0.2) is 0 Å². The second-order valence-corrected chi connectivity index (χ2v) is 13.5. The Hall–Kier alpha value is -1.58. The van der Waals surface area contributed by atoms with Crippen molar-refractivity contribution in [3.05, 3.63) is 51.7 Å². The molecule has 1 saturated heterocycles. The highest BCUT2D eigenvalue weighted by Crippen LogP contribution is 2.24. The summed E-state index contributed by atoms with van der Waals surface area (Å²) in [7, 11) is -1.37. The van der Waals surface area contributed by atoms with Crippen molar-refractivity contribution in [1.29, 1.82) is 0 Å². The minimum absolute atomic E-state index is 0.585. The van der Waals surface area contributed by atoms with Crippen molar-refractivity contribution in [1.82, 2.24) is 4.90 Å². The van der Waals surface area contributed by atoms with Crippen LogP contribution in [-0.4, -0.2) is 45.8 Å². The number of ether oxygens (including phenoxy) is 2. The molecule has 0 unspecified atom stereocenters. The second-order valence-electron chi connectivity index (χ2n) is 7.96. The fourth-order valence-electron chi connectivity index (χ4n) is 2.82. The van der Waals surface area contributed by atoms with E-state index in [9.17, 15) is 0 Å². The molecule has 0 bridgehead atoms. The summed E-state index contributed by atoms with van der Waals surface area (Å²) in [5.74, 6) is 4.21. The van der Waals surface area contributed by atoms with Gasteiger partial charge in [-0.3, -0.25) is 4.90 Å².